The van der Waals surface area contributed by atoms with E-state index >= 15 is 0 Å². The number of hydrogen-bond acceptors (Lipinski definition) is 5. The van der Waals surface area contributed by atoms with Gasteiger partial charge in [0.2, 0.25) is 5.95 Å². The number of para-hydroxylation sites is 1. The molecule has 126 valence electrons. The second-order valence-electron chi connectivity index (χ2n) is 4.99. The third-order valence-corrected chi connectivity index (χ3v) is 4.64. The summed E-state index contributed by atoms with van der Waals surface area (Å²) in [5.74, 6) is -1.06. The summed E-state index contributed by atoms with van der Waals surface area (Å²) in [5.41, 5.74) is 1.33. The summed E-state index contributed by atoms with van der Waals surface area (Å²) in [6.07, 6.45) is 1.09. The second-order valence-corrected chi connectivity index (χ2v) is 6.60. The maximum atomic E-state index is 11.6. The number of anilines is 1. The van der Waals surface area contributed by atoms with E-state index in [9.17, 15) is 18.3 Å². The molecule has 0 aliphatic carbocycles. The molecule has 0 saturated carbocycles. The van der Waals surface area contributed by atoms with Crippen molar-refractivity contribution in [1.29, 1.82) is 0 Å². The van der Waals surface area contributed by atoms with Crippen LogP contribution in [0.4, 0.5) is 5.95 Å². The van der Waals surface area contributed by atoms with E-state index in [0.717, 1.165) is 6.20 Å². The molecule has 0 spiro atoms. The summed E-state index contributed by atoms with van der Waals surface area (Å²) in [6, 6.07) is 6.49. The molecule has 9 nitrogen and oxygen atoms in total. The van der Waals surface area contributed by atoms with Gasteiger partial charge in [-0.15, -0.1) is 0 Å². The Hall–Kier alpha value is -2.56. The molecular weight excluding hydrogens is 358 g/mol. The molecule has 0 unspecified atom stereocenters. The summed E-state index contributed by atoms with van der Waals surface area (Å²) in [6.45, 7) is 0. The molecule has 0 saturated heterocycles. The van der Waals surface area contributed by atoms with Crippen molar-refractivity contribution in [3.05, 3.63) is 36.2 Å². The van der Waals surface area contributed by atoms with Crippen LogP contribution in [0.25, 0.3) is 22.2 Å². The molecule has 24 heavy (non-hydrogen) atoms. The summed E-state index contributed by atoms with van der Waals surface area (Å²) in [5, 5.41) is 14.5. The van der Waals surface area contributed by atoms with E-state index in [4.69, 9.17) is 16.9 Å². The number of nitrogens with one attached hydrogen (secondary N) is 1. The van der Waals surface area contributed by atoms with Crippen LogP contribution in [0.1, 0.15) is 10.5 Å². The monoisotopic (exact) mass is 369 g/mol. The van der Waals surface area contributed by atoms with Crippen LogP contribution in [-0.4, -0.2) is 33.0 Å². The number of nitrogens with zero attached hydrogens (tertiary/aromatic N) is 3. The highest BCUT2D eigenvalue weighted by molar-refractivity contribution is 7.87. The fourth-order valence-corrected chi connectivity index (χ4v) is 3.40. The Morgan fingerprint density at radius 1 is 1.33 bits per heavy atom. The van der Waals surface area contributed by atoms with Crippen molar-refractivity contribution in [2.24, 2.45) is 12.2 Å². The number of rotatable bonds is 4. The quantitative estimate of drug-likeness (QED) is 0.595. The predicted octanol–water partition coefficient (Wildman–Crippen LogP) is 1.36. The van der Waals surface area contributed by atoms with E-state index in [-0.39, 0.29) is 5.56 Å². The molecule has 3 rings (SSSR count). The molecule has 3 aromatic rings. The van der Waals surface area contributed by atoms with Crippen LogP contribution in [0, 0.1) is 0 Å². The van der Waals surface area contributed by atoms with Gasteiger partial charge in [0.15, 0.2) is 5.69 Å². The second kappa shape index (κ2) is 5.51. The van der Waals surface area contributed by atoms with Crippen LogP contribution < -0.4 is 9.97 Å². The number of nitrogens with two attached hydrogens (primary N) is 1. The number of aromatic nitrogens is 3. The van der Waals surface area contributed by atoms with E-state index < -0.39 is 21.9 Å². The number of carboxylic acids is 1. The van der Waals surface area contributed by atoms with E-state index in [0.29, 0.717) is 26.5 Å². The highest BCUT2D eigenvalue weighted by atomic mass is 35.5. The molecule has 0 fully saturated rings. The van der Waals surface area contributed by atoms with Gasteiger partial charge in [-0.25, -0.2) is 18.9 Å². The number of carbonyl (C=O) groups is 1. The smallest absolute Gasteiger partial charge is 0.354 e. The lowest BCUT2D eigenvalue weighted by atomic mass is 10.0. The molecule has 0 radical (unpaired) electrons. The number of halogens is 1. The average molecular weight is 370 g/mol. The van der Waals surface area contributed by atoms with Gasteiger partial charge in [-0.1, -0.05) is 12.1 Å². The topological polar surface area (TPSA) is 132 Å². The van der Waals surface area contributed by atoms with Crippen LogP contribution >= 0.6 is 11.8 Å². The van der Waals surface area contributed by atoms with E-state index in [1.54, 1.807) is 29.8 Å². The third kappa shape index (κ3) is 2.40. The molecule has 0 amide bonds. The lowest BCUT2D eigenvalue weighted by Gasteiger charge is -2.06. The Kier molecular flexibility index (Phi) is 3.74. The van der Waals surface area contributed by atoms with Crippen LogP contribution in [0.2, 0.25) is 0 Å². The van der Waals surface area contributed by atoms with Crippen molar-refractivity contribution >= 4 is 44.9 Å². The molecule has 0 atom stereocenters. The van der Waals surface area contributed by atoms with Crippen molar-refractivity contribution in [2.45, 2.75) is 0 Å². The Balaban J connectivity index is 2.37. The predicted molar refractivity (Wildman–Crippen MR) is 89.1 cm³/mol. The van der Waals surface area contributed by atoms with E-state index in [1.807, 2.05) is 0 Å². The first-order chi connectivity index (χ1) is 11.3. The Bertz CT molecular complexity index is 1070. The van der Waals surface area contributed by atoms with Gasteiger partial charge < -0.3 is 9.67 Å². The molecule has 11 heteroatoms. The fourth-order valence-electron chi connectivity index (χ4n) is 2.57. The summed E-state index contributed by atoms with van der Waals surface area (Å²) < 4.78 is 25.4. The number of hydrogen-bond donors (Lipinski definition) is 3. The molecule has 0 aliphatic rings. The number of aryl methyl sites for hydroxylation is 1. The molecule has 4 N–H and O–H groups in total. The first kappa shape index (κ1) is 16.3. The van der Waals surface area contributed by atoms with Gasteiger partial charge in [0.25, 0.3) is 0 Å². The van der Waals surface area contributed by atoms with Crippen LogP contribution in [-0.2, 0) is 17.3 Å². The fraction of sp³-hybridized carbons (Fsp3) is 0.0769. The van der Waals surface area contributed by atoms with Crippen LogP contribution in [0.15, 0.2) is 30.5 Å². The van der Waals surface area contributed by atoms with Gasteiger partial charge in [-0.2, -0.15) is 8.42 Å². The van der Waals surface area contributed by atoms with Gasteiger partial charge >= 0.3 is 16.2 Å². The lowest BCUT2D eigenvalue weighted by Crippen LogP contribution is -2.24. The molecule has 1 aromatic carbocycles. The molecular formula is C13H12ClN5O4S. The Morgan fingerprint density at radius 3 is 2.62 bits per heavy atom. The first-order valence-corrected chi connectivity index (χ1v) is 8.44. The zero-order valence-corrected chi connectivity index (χ0v) is 13.8. The number of aromatic carboxylic acids is 1. The standard InChI is InChI=1S/C13H12ClN5O4S/c1-18-9-4-2-3-7(10(9)16-13(18)17-14)8-5-6-19(24(15,22)23)11(8)12(20)21/h2-6H,1H3,(H,16,17)(H,20,21)(H2,15,22,23). The number of fused-ring (bicyclic) bond motifs is 1. The lowest BCUT2D eigenvalue weighted by molar-refractivity contribution is 0.0690. The van der Waals surface area contributed by atoms with Gasteiger partial charge in [0.05, 0.1) is 11.0 Å². The number of imidazole rings is 1. The summed E-state index contributed by atoms with van der Waals surface area (Å²) in [4.78, 5) is 18.3. The molecule has 2 heterocycles. The SMILES string of the molecule is Cn1c(NCl)nc2c(-c3ccn(S(N)(=O)=O)c3C(=O)O)cccc21. The van der Waals surface area contributed by atoms with E-state index in [2.05, 4.69) is 9.82 Å². The van der Waals surface area contributed by atoms with Crippen LogP contribution in [0.5, 0.6) is 0 Å². The molecule has 0 aliphatic heterocycles. The normalized spacial score (nSPS) is 11.8. The Morgan fingerprint density at radius 2 is 2.04 bits per heavy atom. The van der Waals surface area contributed by atoms with Crippen molar-refractivity contribution in [3.8, 4) is 11.1 Å². The maximum absolute atomic E-state index is 11.6. The highest BCUT2D eigenvalue weighted by Gasteiger charge is 2.24. The van der Waals surface area contributed by atoms with E-state index in [1.165, 1.54) is 6.07 Å². The van der Waals surface area contributed by atoms with Crippen molar-refractivity contribution in [2.75, 3.05) is 4.84 Å². The largest absolute Gasteiger partial charge is 0.477 e. The highest BCUT2D eigenvalue weighted by Crippen LogP contribution is 2.33. The van der Waals surface area contributed by atoms with Crippen molar-refractivity contribution in [1.82, 2.24) is 13.5 Å². The van der Waals surface area contributed by atoms with Gasteiger partial charge in [-0.05, 0) is 12.1 Å². The van der Waals surface area contributed by atoms with Gasteiger partial charge in [0.1, 0.15) is 0 Å². The van der Waals surface area contributed by atoms with Gasteiger partial charge in [-0.3, -0.25) is 4.84 Å². The van der Waals surface area contributed by atoms with Crippen LogP contribution in [0.3, 0.4) is 0 Å². The number of benzene rings is 1. The minimum atomic E-state index is -4.25. The van der Waals surface area contributed by atoms with Crippen molar-refractivity contribution < 1.29 is 18.3 Å². The minimum Gasteiger partial charge on any atom is -0.477 e. The summed E-state index contributed by atoms with van der Waals surface area (Å²) in [7, 11) is -2.52. The third-order valence-electron chi connectivity index (χ3n) is 3.62. The molecule has 2 aromatic heterocycles. The number of carboxylic acid groups (broad SMARTS) is 1. The average Bonchev–Trinajstić information content (AvgIpc) is 3.08. The van der Waals surface area contributed by atoms with Gasteiger partial charge in [0, 0.05) is 36.1 Å². The zero-order chi connectivity index (χ0) is 17.6. The minimum absolute atomic E-state index is 0.182. The van der Waals surface area contributed by atoms with Crippen molar-refractivity contribution in [3.63, 3.8) is 0 Å². The molecule has 0 bridgehead atoms. The first-order valence-electron chi connectivity index (χ1n) is 6.56. The zero-order valence-electron chi connectivity index (χ0n) is 12.3. The Labute approximate surface area is 141 Å². The maximum Gasteiger partial charge on any atom is 0.354 e. The summed E-state index contributed by atoms with van der Waals surface area (Å²) >= 11 is 5.62.